The van der Waals surface area contributed by atoms with Gasteiger partial charge >= 0.3 is 5.97 Å². The van der Waals surface area contributed by atoms with Crippen molar-refractivity contribution in [3.05, 3.63) is 29.8 Å². The lowest BCUT2D eigenvalue weighted by Gasteiger charge is -2.01. The van der Waals surface area contributed by atoms with Crippen molar-refractivity contribution in [2.45, 2.75) is 13.8 Å². The molecule has 15 heavy (non-hydrogen) atoms. The molecule has 0 spiro atoms. The van der Waals surface area contributed by atoms with E-state index in [0.717, 1.165) is 12.2 Å². The first-order valence-corrected chi connectivity index (χ1v) is 4.83. The van der Waals surface area contributed by atoms with E-state index in [4.69, 9.17) is 10.2 Å². The third-order valence-corrected chi connectivity index (χ3v) is 1.51. The van der Waals surface area contributed by atoms with E-state index in [1.807, 2.05) is 6.92 Å². The molecule has 0 bridgehead atoms. The van der Waals surface area contributed by atoms with Crippen LogP contribution >= 0.6 is 0 Å². The monoisotopic (exact) mass is 211 g/mol. The maximum Gasteiger partial charge on any atom is 0.335 e. The van der Waals surface area contributed by atoms with Crippen molar-refractivity contribution in [3.63, 3.8) is 0 Å². The highest BCUT2D eigenvalue weighted by Gasteiger charge is 1.99. The van der Waals surface area contributed by atoms with E-state index in [1.54, 1.807) is 31.2 Å². The maximum absolute atomic E-state index is 10.4. The Morgan fingerprint density at radius 3 is 2.07 bits per heavy atom. The van der Waals surface area contributed by atoms with Crippen LogP contribution in [0.3, 0.4) is 0 Å². The molecule has 0 unspecified atom stereocenters. The molecule has 0 aliphatic rings. The fourth-order valence-electron chi connectivity index (χ4n) is 0.935. The van der Waals surface area contributed by atoms with Crippen molar-refractivity contribution in [2.24, 2.45) is 0 Å². The fraction of sp³-hybridized carbons (Fsp3) is 0.364. The number of benzene rings is 1. The Kier molecular flexibility index (Phi) is 7.01. The van der Waals surface area contributed by atoms with E-state index in [1.165, 1.54) is 0 Å². The Morgan fingerprint density at radius 2 is 1.73 bits per heavy atom. The van der Waals surface area contributed by atoms with Gasteiger partial charge in [-0.05, 0) is 38.1 Å². The van der Waals surface area contributed by atoms with Gasteiger partial charge in [0.2, 0.25) is 0 Å². The van der Waals surface area contributed by atoms with Crippen LogP contribution in [0.25, 0.3) is 0 Å². The van der Waals surface area contributed by atoms with Crippen molar-refractivity contribution in [1.82, 2.24) is 0 Å². The number of aromatic carboxylic acids is 1. The summed E-state index contributed by atoms with van der Waals surface area (Å²) in [6.07, 6.45) is 0. The van der Waals surface area contributed by atoms with Crippen LogP contribution < -0.4 is 5.32 Å². The zero-order valence-corrected chi connectivity index (χ0v) is 9.03. The summed E-state index contributed by atoms with van der Waals surface area (Å²) >= 11 is 0. The summed E-state index contributed by atoms with van der Waals surface area (Å²) in [7, 11) is 0. The van der Waals surface area contributed by atoms with Gasteiger partial charge in [-0.2, -0.15) is 0 Å². The first-order valence-electron chi connectivity index (χ1n) is 4.83. The summed E-state index contributed by atoms with van der Waals surface area (Å²) in [5, 5.41) is 19.2. The molecule has 4 nitrogen and oxygen atoms in total. The zero-order valence-electron chi connectivity index (χ0n) is 9.03. The van der Waals surface area contributed by atoms with Crippen molar-refractivity contribution in [1.29, 1.82) is 0 Å². The Labute approximate surface area is 89.6 Å². The van der Waals surface area contributed by atoms with Crippen LogP contribution in [0.1, 0.15) is 24.2 Å². The van der Waals surface area contributed by atoms with Crippen LogP contribution in [0.5, 0.6) is 0 Å². The van der Waals surface area contributed by atoms with Gasteiger partial charge in [-0.3, -0.25) is 0 Å². The van der Waals surface area contributed by atoms with Crippen molar-refractivity contribution < 1.29 is 15.0 Å². The Balaban J connectivity index is 0.000000583. The number of hydrogen-bond donors (Lipinski definition) is 3. The molecule has 3 N–H and O–H groups in total. The predicted octanol–water partition coefficient (Wildman–Crippen LogP) is 1.82. The topological polar surface area (TPSA) is 69.6 Å². The second kappa shape index (κ2) is 7.82. The molecular weight excluding hydrogens is 194 g/mol. The number of hydrogen-bond acceptors (Lipinski definition) is 3. The van der Waals surface area contributed by atoms with E-state index in [2.05, 4.69) is 5.32 Å². The van der Waals surface area contributed by atoms with Gasteiger partial charge < -0.3 is 15.5 Å². The lowest BCUT2D eigenvalue weighted by Crippen LogP contribution is -1.98. The van der Waals surface area contributed by atoms with Gasteiger partial charge in [0, 0.05) is 18.8 Å². The molecule has 4 heteroatoms. The predicted molar refractivity (Wildman–Crippen MR) is 60.3 cm³/mol. The third-order valence-electron chi connectivity index (χ3n) is 1.51. The number of aliphatic hydroxyl groups is 1. The molecule has 0 atom stereocenters. The Bertz CT molecular complexity index is 282. The number of carbonyl (C=O) groups is 1. The van der Waals surface area contributed by atoms with E-state index in [9.17, 15) is 4.79 Å². The lowest BCUT2D eigenvalue weighted by molar-refractivity contribution is 0.0697. The van der Waals surface area contributed by atoms with Crippen LogP contribution in [0.15, 0.2) is 24.3 Å². The average molecular weight is 211 g/mol. The molecule has 1 aromatic rings. The summed E-state index contributed by atoms with van der Waals surface area (Å²) in [5.41, 5.74) is 1.26. The van der Waals surface area contributed by atoms with Gasteiger partial charge in [-0.1, -0.05) is 0 Å². The van der Waals surface area contributed by atoms with Crippen LogP contribution in [0.4, 0.5) is 5.69 Å². The molecule has 1 aromatic carbocycles. The zero-order chi connectivity index (χ0) is 11.7. The molecule has 0 saturated heterocycles. The number of anilines is 1. The normalized spacial score (nSPS) is 8.73. The van der Waals surface area contributed by atoms with E-state index in [-0.39, 0.29) is 6.61 Å². The second-order valence-corrected chi connectivity index (χ2v) is 2.73. The van der Waals surface area contributed by atoms with Gasteiger partial charge in [-0.25, -0.2) is 4.79 Å². The van der Waals surface area contributed by atoms with Crippen LogP contribution in [0, 0.1) is 0 Å². The molecule has 0 aromatic heterocycles. The molecule has 0 aliphatic heterocycles. The Morgan fingerprint density at radius 1 is 1.27 bits per heavy atom. The molecule has 1 rings (SSSR count). The van der Waals surface area contributed by atoms with Gasteiger partial charge in [0.1, 0.15) is 0 Å². The molecule has 0 amide bonds. The van der Waals surface area contributed by atoms with Crippen LogP contribution in [0.2, 0.25) is 0 Å². The number of nitrogens with one attached hydrogen (secondary N) is 1. The molecule has 0 aliphatic carbocycles. The minimum atomic E-state index is -0.891. The van der Waals surface area contributed by atoms with Crippen molar-refractivity contribution in [2.75, 3.05) is 18.5 Å². The number of aliphatic hydroxyl groups excluding tert-OH is 1. The fourth-order valence-corrected chi connectivity index (χ4v) is 0.935. The van der Waals surface area contributed by atoms with Gasteiger partial charge in [0.25, 0.3) is 0 Å². The summed E-state index contributed by atoms with van der Waals surface area (Å²) in [6, 6.07) is 6.68. The van der Waals surface area contributed by atoms with Gasteiger partial charge in [0.15, 0.2) is 0 Å². The van der Waals surface area contributed by atoms with Gasteiger partial charge in [0.05, 0.1) is 5.56 Å². The first kappa shape index (κ1) is 13.4. The largest absolute Gasteiger partial charge is 0.478 e. The smallest absolute Gasteiger partial charge is 0.335 e. The van der Waals surface area contributed by atoms with Gasteiger partial charge in [-0.15, -0.1) is 0 Å². The Hall–Kier alpha value is -1.55. The number of carboxylic acids is 1. The maximum atomic E-state index is 10.4. The molecular formula is C11H17NO3. The van der Waals surface area contributed by atoms with E-state index >= 15 is 0 Å². The highest BCUT2D eigenvalue weighted by atomic mass is 16.4. The third kappa shape index (κ3) is 5.70. The number of rotatable bonds is 3. The highest BCUT2D eigenvalue weighted by Crippen LogP contribution is 2.08. The quantitative estimate of drug-likeness (QED) is 0.713. The minimum absolute atomic E-state index is 0.250. The summed E-state index contributed by atoms with van der Waals surface area (Å²) in [6.45, 7) is 4.76. The summed E-state index contributed by atoms with van der Waals surface area (Å²) in [5.74, 6) is -0.891. The molecule has 0 radical (unpaired) electrons. The number of carboxylic acid groups (broad SMARTS) is 1. The minimum Gasteiger partial charge on any atom is -0.478 e. The van der Waals surface area contributed by atoms with Crippen molar-refractivity contribution >= 4 is 11.7 Å². The molecule has 0 saturated carbocycles. The van der Waals surface area contributed by atoms with Crippen LogP contribution in [-0.2, 0) is 0 Å². The standard InChI is InChI=1S/C9H11NO2.C2H6O/c1-2-10-8-5-3-7(4-6-8)9(11)12;1-2-3/h3-6,10H,2H2,1H3,(H,11,12);3H,2H2,1H3. The van der Waals surface area contributed by atoms with E-state index in [0.29, 0.717) is 5.56 Å². The first-order chi connectivity index (χ1) is 7.15. The second-order valence-electron chi connectivity index (χ2n) is 2.73. The SMILES string of the molecule is CCNc1ccc(C(=O)O)cc1.CCO. The van der Waals surface area contributed by atoms with E-state index < -0.39 is 5.97 Å². The average Bonchev–Trinajstić information content (AvgIpc) is 2.20. The molecule has 84 valence electrons. The molecule has 0 fully saturated rings. The highest BCUT2D eigenvalue weighted by molar-refractivity contribution is 5.87. The summed E-state index contributed by atoms with van der Waals surface area (Å²) < 4.78 is 0. The van der Waals surface area contributed by atoms with Crippen LogP contribution in [-0.4, -0.2) is 29.3 Å². The molecule has 0 heterocycles. The summed E-state index contributed by atoms with van der Waals surface area (Å²) in [4.78, 5) is 10.4. The lowest BCUT2D eigenvalue weighted by atomic mass is 10.2. The van der Waals surface area contributed by atoms with Crippen molar-refractivity contribution in [3.8, 4) is 0 Å².